The number of aromatic nitrogens is 2. The predicted octanol–water partition coefficient (Wildman–Crippen LogP) is 4.21. The van der Waals surface area contributed by atoms with Crippen molar-refractivity contribution >= 4 is 5.82 Å². The number of anilines is 1. The number of ether oxygens (including phenoxy) is 1. The van der Waals surface area contributed by atoms with E-state index in [9.17, 15) is 4.39 Å². The van der Waals surface area contributed by atoms with Crippen LogP contribution in [0.25, 0.3) is 11.3 Å². The molecule has 0 aliphatic rings. The number of nitrogens with one attached hydrogen (secondary N) is 1. The second-order valence-electron chi connectivity index (χ2n) is 5.40. The molecule has 1 heterocycles. The topological polar surface area (TPSA) is 47.0 Å². The molecule has 3 rings (SSSR count). The van der Waals surface area contributed by atoms with E-state index in [4.69, 9.17) is 4.74 Å². The zero-order chi connectivity index (χ0) is 16.9. The summed E-state index contributed by atoms with van der Waals surface area (Å²) in [5, 5.41) is 3.28. The van der Waals surface area contributed by atoms with Gasteiger partial charge in [0.1, 0.15) is 23.2 Å². The number of hydrogen-bond donors (Lipinski definition) is 1. The van der Waals surface area contributed by atoms with Crippen LogP contribution in [-0.4, -0.2) is 17.1 Å². The summed E-state index contributed by atoms with van der Waals surface area (Å²) in [5.41, 5.74) is 2.50. The summed E-state index contributed by atoms with van der Waals surface area (Å²) >= 11 is 0. The SMILES string of the molecule is COc1cccc(CNc2cc(-c3cccc(F)c3)nc(C)n2)c1. The zero-order valence-electron chi connectivity index (χ0n) is 13.6. The van der Waals surface area contributed by atoms with E-state index < -0.39 is 0 Å². The third-order valence-electron chi connectivity index (χ3n) is 3.57. The van der Waals surface area contributed by atoms with Crippen LogP contribution in [0, 0.1) is 12.7 Å². The number of halogens is 1. The van der Waals surface area contributed by atoms with Crippen LogP contribution in [0.5, 0.6) is 5.75 Å². The van der Waals surface area contributed by atoms with Crippen LogP contribution >= 0.6 is 0 Å². The Morgan fingerprint density at radius 1 is 1.04 bits per heavy atom. The van der Waals surface area contributed by atoms with Gasteiger partial charge in [-0.3, -0.25) is 0 Å². The van der Waals surface area contributed by atoms with E-state index in [-0.39, 0.29) is 5.82 Å². The van der Waals surface area contributed by atoms with Gasteiger partial charge in [0, 0.05) is 18.2 Å². The molecular weight excluding hydrogens is 305 g/mol. The van der Waals surface area contributed by atoms with Gasteiger partial charge in [0.2, 0.25) is 0 Å². The lowest BCUT2D eigenvalue weighted by Crippen LogP contribution is -2.04. The van der Waals surface area contributed by atoms with Crippen LogP contribution in [0.4, 0.5) is 10.2 Å². The van der Waals surface area contributed by atoms with Gasteiger partial charge < -0.3 is 10.1 Å². The molecular formula is C19H18FN3O. The van der Waals surface area contributed by atoms with Crippen LogP contribution in [-0.2, 0) is 6.54 Å². The minimum atomic E-state index is -0.283. The molecule has 5 heteroatoms. The lowest BCUT2D eigenvalue weighted by atomic mass is 10.1. The highest BCUT2D eigenvalue weighted by atomic mass is 19.1. The highest BCUT2D eigenvalue weighted by Crippen LogP contribution is 2.21. The normalized spacial score (nSPS) is 10.5. The van der Waals surface area contributed by atoms with Gasteiger partial charge in [0.05, 0.1) is 12.8 Å². The van der Waals surface area contributed by atoms with Gasteiger partial charge in [-0.25, -0.2) is 14.4 Å². The fourth-order valence-corrected chi connectivity index (χ4v) is 2.43. The molecule has 0 saturated heterocycles. The molecule has 0 atom stereocenters. The molecule has 3 aromatic rings. The van der Waals surface area contributed by atoms with Crippen LogP contribution < -0.4 is 10.1 Å². The van der Waals surface area contributed by atoms with E-state index in [0.717, 1.165) is 16.9 Å². The van der Waals surface area contributed by atoms with Gasteiger partial charge >= 0.3 is 0 Å². The van der Waals surface area contributed by atoms with E-state index >= 15 is 0 Å². The lowest BCUT2D eigenvalue weighted by molar-refractivity contribution is 0.414. The summed E-state index contributed by atoms with van der Waals surface area (Å²) in [4.78, 5) is 8.78. The molecule has 0 bridgehead atoms. The Morgan fingerprint density at radius 2 is 1.88 bits per heavy atom. The minimum Gasteiger partial charge on any atom is -0.497 e. The van der Waals surface area contributed by atoms with Crippen LogP contribution in [0.1, 0.15) is 11.4 Å². The largest absolute Gasteiger partial charge is 0.497 e. The molecule has 2 aromatic carbocycles. The monoisotopic (exact) mass is 323 g/mol. The van der Waals surface area contributed by atoms with Crippen molar-refractivity contribution in [1.82, 2.24) is 9.97 Å². The maximum atomic E-state index is 13.4. The average molecular weight is 323 g/mol. The Labute approximate surface area is 140 Å². The summed E-state index contributed by atoms with van der Waals surface area (Å²) in [7, 11) is 1.64. The Kier molecular flexibility index (Phi) is 4.70. The van der Waals surface area contributed by atoms with E-state index in [1.807, 2.05) is 43.3 Å². The van der Waals surface area contributed by atoms with Gasteiger partial charge in [0.25, 0.3) is 0 Å². The summed E-state index contributed by atoms with van der Waals surface area (Å²) in [6, 6.07) is 16.0. The molecule has 1 aromatic heterocycles. The molecule has 0 saturated carbocycles. The van der Waals surface area contributed by atoms with Gasteiger partial charge in [-0.05, 0) is 36.8 Å². The summed E-state index contributed by atoms with van der Waals surface area (Å²) < 4.78 is 18.6. The van der Waals surface area contributed by atoms with E-state index in [2.05, 4.69) is 15.3 Å². The zero-order valence-corrected chi connectivity index (χ0v) is 13.6. The van der Waals surface area contributed by atoms with Crippen molar-refractivity contribution < 1.29 is 9.13 Å². The third kappa shape index (κ3) is 3.87. The number of benzene rings is 2. The Bertz CT molecular complexity index is 852. The van der Waals surface area contributed by atoms with Crippen molar-refractivity contribution in [3.05, 3.63) is 71.8 Å². The molecule has 24 heavy (non-hydrogen) atoms. The smallest absolute Gasteiger partial charge is 0.130 e. The van der Waals surface area contributed by atoms with Crippen molar-refractivity contribution in [2.75, 3.05) is 12.4 Å². The quantitative estimate of drug-likeness (QED) is 0.764. The second-order valence-corrected chi connectivity index (χ2v) is 5.40. The first-order valence-corrected chi connectivity index (χ1v) is 7.62. The number of aryl methyl sites for hydroxylation is 1. The average Bonchev–Trinajstić information content (AvgIpc) is 2.60. The third-order valence-corrected chi connectivity index (χ3v) is 3.57. The molecule has 0 spiro atoms. The van der Waals surface area contributed by atoms with Gasteiger partial charge in [0.15, 0.2) is 0 Å². The first kappa shape index (κ1) is 15.9. The standard InChI is InChI=1S/C19H18FN3O/c1-13-22-18(15-6-4-7-16(20)10-15)11-19(23-13)21-12-14-5-3-8-17(9-14)24-2/h3-11H,12H2,1-2H3,(H,21,22,23). The number of methoxy groups -OCH3 is 1. The summed E-state index contributed by atoms with van der Waals surface area (Å²) in [6.07, 6.45) is 0. The van der Waals surface area contributed by atoms with E-state index in [1.54, 1.807) is 13.2 Å². The number of rotatable bonds is 5. The fourth-order valence-electron chi connectivity index (χ4n) is 2.43. The van der Waals surface area contributed by atoms with Crippen LogP contribution in [0.15, 0.2) is 54.6 Å². The molecule has 0 aliphatic carbocycles. The Balaban J connectivity index is 1.81. The molecule has 0 amide bonds. The lowest BCUT2D eigenvalue weighted by Gasteiger charge is -2.10. The maximum Gasteiger partial charge on any atom is 0.130 e. The van der Waals surface area contributed by atoms with Crippen LogP contribution in [0.3, 0.4) is 0 Å². The fraction of sp³-hybridized carbons (Fsp3) is 0.158. The molecule has 4 nitrogen and oxygen atoms in total. The van der Waals surface area contributed by atoms with Crippen LogP contribution in [0.2, 0.25) is 0 Å². The first-order valence-electron chi connectivity index (χ1n) is 7.62. The first-order chi connectivity index (χ1) is 11.6. The van der Waals surface area contributed by atoms with Crippen molar-refractivity contribution in [3.63, 3.8) is 0 Å². The maximum absolute atomic E-state index is 13.4. The highest BCUT2D eigenvalue weighted by Gasteiger charge is 2.06. The Hall–Kier alpha value is -2.95. The van der Waals surface area contributed by atoms with Crippen molar-refractivity contribution in [2.24, 2.45) is 0 Å². The van der Waals surface area contributed by atoms with Gasteiger partial charge in [-0.2, -0.15) is 0 Å². The molecule has 1 N–H and O–H groups in total. The van der Waals surface area contributed by atoms with Crippen molar-refractivity contribution in [1.29, 1.82) is 0 Å². The van der Waals surface area contributed by atoms with E-state index in [1.165, 1.54) is 12.1 Å². The molecule has 122 valence electrons. The highest BCUT2D eigenvalue weighted by molar-refractivity contribution is 5.62. The Morgan fingerprint density at radius 3 is 2.67 bits per heavy atom. The second kappa shape index (κ2) is 7.08. The molecule has 0 fully saturated rings. The molecule has 0 aliphatic heterocycles. The molecule has 0 unspecified atom stereocenters. The summed E-state index contributed by atoms with van der Waals surface area (Å²) in [6.45, 7) is 2.43. The molecule has 0 radical (unpaired) electrons. The number of nitrogens with zero attached hydrogens (tertiary/aromatic N) is 2. The minimum absolute atomic E-state index is 0.283. The van der Waals surface area contributed by atoms with Crippen molar-refractivity contribution in [2.45, 2.75) is 13.5 Å². The summed E-state index contributed by atoms with van der Waals surface area (Å²) in [5.74, 6) is 1.86. The van der Waals surface area contributed by atoms with Gasteiger partial charge in [-0.1, -0.05) is 24.3 Å². The van der Waals surface area contributed by atoms with E-state index in [0.29, 0.717) is 23.9 Å². The van der Waals surface area contributed by atoms with Gasteiger partial charge in [-0.15, -0.1) is 0 Å². The van der Waals surface area contributed by atoms with Crippen molar-refractivity contribution in [3.8, 4) is 17.0 Å². The number of hydrogen-bond acceptors (Lipinski definition) is 4. The predicted molar refractivity (Wildman–Crippen MR) is 92.5 cm³/mol.